The molecule has 0 unspecified atom stereocenters. The molecule has 1 amide bonds. The largest absolute Gasteiger partial charge is 0.338 e. The smallest absolute Gasteiger partial charge is 0.253 e. The fourth-order valence-corrected chi connectivity index (χ4v) is 1.35. The molecule has 0 aromatic heterocycles. The number of amides is 1. The van der Waals surface area contributed by atoms with Crippen molar-refractivity contribution in [2.45, 2.75) is 0 Å². The monoisotopic (exact) mass is 253 g/mol. The van der Waals surface area contributed by atoms with E-state index in [2.05, 4.69) is 22.5 Å². The van der Waals surface area contributed by atoms with E-state index < -0.39 is 0 Å². The van der Waals surface area contributed by atoms with Crippen LogP contribution in [-0.4, -0.2) is 24.4 Å². The highest BCUT2D eigenvalue weighted by atomic mass is 79.9. The molecule has 0 aliphatic heterocycles. The standard InChI is InChI=1S/C11H12BrNO/c1-3-8-13(2)11(14)9-4-6-10(12)7-5-9/h3-7H,1,8H2,2H3. The number of hydrogen-bond donors (Lipinski definition) is 0. The lowest BCUT2D eigenvalue weighted by Crippen LogP contribution is -2.26. The van der Waals surface area contributed by atoms with Gasteiger partial charge in [0.25, 0.3) is 5.91 Å². The predicted molar refractivity (Wildman–Crippen MR) is 61.3 cm³/mol. The molecule has 14 heavy (non-hydrogen) atoms. The second-order valence-corrected chi connectivity index (χ2v) is 3.90. The summed E-state index contributed by atoms with van der Waals surface area (Å²) in [6.07, 6.45) is 1.71. The van der Waals surface area contributed by atoms with Crippen LogP contribution in [0.2, 0.25) is 0 Å². The van der Waals surface area contributed by atoms with Gasteiger partial charge in [0.1, 0.15) is 0 Å². The second kappa shape index (κ2) is 4.96. The number of rotatable bonds is 3. The van der Waals surface area contributed by atoms with Crippen molar-refractivity contribution in [3.05, 3.63) is 47.0 Å². The van der Waals surface area contributed by atoms with E-state index in [0.29, 0.717) is 12.1 Å². The Kier molecular flexibility index (Phi) is 3.89. The van der Waals surface area contributed by atoms with Crippen LogP contribution in [0.3, 0.4) is 0 Å². The zero-order chi connectivity index (χ0) is 10.6. The number of carbonyl (C=O) groups is 1. The first-order valence-electron chi connectivity index (χ1n) is 4.27. The third-order valence-corrected chi connectivity index (χ3v) is 2.37. The van der Waals surface area contributed by atoms with Gasteiger partial charge in [-0.05, 0) is 24.3 Å². The topological polar surface area (TPSA) is 20.3 Å². The highest BCUT2D eigenvalue weighted by molar-refractivity contribution is 9.10. The molecule has 0 radical (unpaired) electrons. The van der Waals surface area contributed by atoms with Crippen molar-refractivity contribution in [1.29, 1.82) is 0 Å². The zero-order valence-corrected chi connectivity index (χ0v) is 9.62. The summed E-state index contributed by atoms with van der Waals surface area (Å²) in [5, 5.41) is 0. The van der Waals surface area contributed by atoms with Gasteiger partial charge in [-0.3, -0.25) is 4.79 Å². The van der Waals surface area contributed by atoms with Gasteiger partial charge < -0.3 is 4.90 Å². The van der Waals surface area contributed by atoms with Gasteiger partial charge in [-0.15, -0.1) is 6.58 Å². The minimum atomic E-state index is 0.0115. The van der Waals surface area contributed by atoms with E-state index in [1.165, 1.54) is 0 Å². The predicted octanol–water partition coefficient (Wildman–Crippen LogP) is 2.71. The van der Waals surface area contributed by atoms with Gasteiger partial charge in [-0.25, -0.2) is 0 Å². The van der Waals surface area contributed by atoms with Crippen LogP contribution in [0.4, 0.5) is 0 Å². The Bertz CT molecular complexity index is 332. The molecule has 0 spiro atoms. The highest BCUT2D eigenvalue weighted by Gasteiger charge is 2.09. The molecule has 0 heterocycles. The van der Waals surface area contributed by atoms with Gasteiger partial charge in [0.2, 0.25) is 0 Å². The Morgan fingerprint density at radius 2 is 2.07 bits per heavy atom. The van der Waals surface area contributed by atoms with Crippen LogP contribution in [0.1, 0.15) is 10.4 Å². The average Bonchev–Trinajstić information content (AvgIpc) is 2.18. The first kappa shape index (κ1) is 11.0. The van der Waals surface area contributed by atoms with Gasteiger partial charge in [-0.2, -0.15) is 0 Å². The summed E-state index contributed by atoms with van der Waals surface area (Å²) in [7, 11) is 1.76. The van der Waals surface area contributed by atoms with E-state index in [0.717, 1.165) is 4.47 Å². The molecule has 0 saturated carbocycles. The molecule has 0 atom stereocenters. The minimum absolute atomic E-state index is 0.0115. The molecule has 2 nitrogen and oxygen atoms in total. The van der Waals surface area contributed by atoms with E-state index in [9.17, 15) is 4.79 Å². The lowest BCUT2D eigenvalue weighted by Gasteiger charge is -2.14. The quantitative estimate of drug-likeness (QED) is 0.759. The fourth-order valence-electron chi connectivity index (χ4n) is 1.09. The lowest BCUT2D eigenvalue weighted by atomic mass is 10.2. The Morgan fingerprint density at radius 3 is 2.57 bits per heavy atom. The van der Waals surface area contributed by atoms with Crippen LogP contribution < -0.4 is 0 Å². The molecule has 74 valence electrons. The van der Waals surface area contributed by atoms with Crippen LogP contribution in [0.15, 0.2) is 41.4 Å². The van der Waals surface area contributed by atoms with Crippen molar-refractivity contribution in [3.63, 3.8) is 0 Å². The summed E-state index contributed by atoms with van der Waals surface area (Å²) >= 11 is 3.32. The maximum atomic E-state index is 11.7. The van der Waals surface area contributed by atoms with Gasteiger partial charge in [-0.1, -0.05) is 22.0 Å². The number of likely N-dealkylation sites (N-methyl/N-ethyl adjacent to an activating group) is 1. The van der Waals surface area contributed by atoms with Gasteiger partial charge in [0.05, 0.1) is 0 Å². The summed E-state index contributed by atoms with van der Waals surface area (Å²) in [4.78, 5) is 13.3. The van der Waals surface area contributed by atoms with E-state index in [4.69, 9.17) is 0 Å². The normalized spacial score (nSPS) is 9.57. The minimum Gasteiger partial charge on any atom is -0.338 e. The summed E-state index contributed by atoms with van der Waals surface area (Å²) in [6, 6.07) is 7.31. The molecule has 0 bridgehead atoms. The van der Waals surface area contributed by atoms with E-state index in [-0.39, 0.29) is 5.91 Å². The third-order valence-electron chi connectivity index (χ3n) is 1.84. The highest BCUT2D eigenvalue weighted by Crippen LogP contribution is 2.11. The number of carbonyl (C=O) groups excluding carboxylic acids is 1. The molecule has 1 aromatic rings. The Hall–Kier alpha value is -1.09. The van der Waals surface area contributed by atoms with Crippen LogP contribution in [0, 0.1) is 0 Å². The lowest BCUT2D eigenvalue weighted by molar-refractivity contribution is 0.0810. The first-order valence-corrected chi connectivity index (χ1v) is 5.06. The van der Waals surface area contributed by atoms with Crippen molar-refractivity contribution in [3.8, 4) is 0 Å². The summed E-state index contributed by atoms with van der Waals surface area (Å²) in [5.74, 6) is 0.0115. The summed E-state index contributed by atoms with van der Waals surface area (Å²) < 4.78 is 0.973. The molecule has 1 aromatic carbocycles. The maximum Gasteiger partial charge on any atom is 0.253 e. The maximum absolute atomic E-state index is 11.7. The van der Waals surface area contributed by atoms with Crippen LogP contribution in [0.25, 0.3) is 0 Å². The van der Waals surface area contributed by atoms with E-state index in [1.54, 1.807) is 30.2 Å². The molecule has 1 rings (SSSR count). The van der Waals surface area contributed by atoms with Gasteiger partial charge in [0.15, 0.2) is 0 Å². The van der Waals surface area contributed by atoms with Crippen molar-refractivity contribution < 1.29 is 4.79 Å². The van der Waals surface area contributed by atoms with Crippen molar-refractivity contribution >= 4 is 21.8 Å². The first-order chi connectivity index (χ1) is 6.65. The molecular weight excluding hydrogens is 242 g/mol. The van der Waals surface area contributed by atoms with Crippen LogP contribution >= 0.6 is 15.9 Å². The number of benzene rings is 1. The number of halogens is 1. The van der Waals surface area contributed by atoms with Gasteiger partial charge >= 0.3 is 0 Å². The van der Waals surface area contributed by atoms with E-state index in [1.807, 2.05) is 12.1 Å². The SMILES string of the molecule is C=CCN(C)C(=O)c1ccc(Br)cc1. The molecular formula is C11H12BrNO. The fraction of sp³-hybridized carbons (Fsp3) is 0.182. The number of nitrogens with zero attached hydrogens (tertiary/aromatic N) is 1. The van der Waals surface area contributed by atoms with Crippen molar-refractivity contribution in [2.75, 3.05) is 13.6 Å². The average molecular weight is 254 g/mol. The second-order valence-electron chi connectivity index (χ2n) is 2.98. The Morgan fingerprint density at radius 1 is 1.50 bits per heavy atom. The van der Waals surface area contributed by atoms with Crippen LogP contribution in [0.5, 0.6) is 0 Å². The molecule has 3 heteroatoms. The molecule has 0 aliphatic carbocycles. The summed E-state index contributed by atoms with van der Waals surface area (Å²) in [6.45, 7) is 4.15. The Balaban J connectivity index is 2.78. The molecule has 0 aliphatic rings. The van der Waals surface area contributed by atoms with E-state index >= 15 is 0 Å². The summed E-state index contributed by atoms with van der Waals surface area (Å²) in [5.41, 5.74) is 0.692. The van der Waals surface area contributed by atoms with Crippen LogP contribution in [-0.2, 0) is 0 Å². The van der Waals surface area contributed by atoms with Gasteiger partial charge in [0, 0.05) is 23.6 Å². The molecule has 0 N–H and O–H groups in total. The zero-order valence-electron chi connectivity index (χ0n) is 8.03. The van der Waals surface area contributed by atoms with Crippen molar-refractivity contribution in [1.82, 2.24) is 4.90 Å². The molecule has 0 fully saturated rings. The third kappa shape index (κ3) is 2.70. The number of hydrogen-bond acceptors (Lipinski definition) is 1. The molecule has 0 saturated heterocycles. The van der Waals surface area contributed by atoms with Crippen molar-refractivity contribution in [2.24, 2.45) is 0 Å². The Labute approximate surface area is 92.4 Å².